The van der Waals surface area contributed by atoms with Gasteiger partial charge < -0.3 is 14.8 Å². The summed E-state index contributed by atoms with van der Waals surface area (Å²) in [5, 5.41) is 3.42. The minimum atomic E-state index is -0.200. The molecule has 0 atom stereocenters. The van der Waals surface area contributed by atoms with Gasteiger partial charge in [0.25, 0.3) is 0 Å². The molecule has 0 spiro atoms. The first-order chi connectivity index (χ1) is 12.1. The van der Waals surface area contributed by atoms with Crippen molar-refractivity contribution in [2.45, 2.75) is 33.2 Å². The maximum absolute atomic E-state index is 12.9. The Hall–Kier alpha value is -1.59. The molecular formula is C20H25BrFNO2. The summed E-state index contributed by atoms with van der Waals surface area (Å²) in [5.74, 6) is 1.34. The number of ether oxygens (including phenoxy) is 2. The summed E-state index contributed by atoms with van der Waals surface area (Å²) in [5.41, 5.74) is 2.23. The van der Waals surface area contributed by atoms with Crippen LogP contribution in [0, 0.1) is 5.82 Å². The van der Waals surface area contributed by atoms with Crippen LogP contribution < -0.4 is 14.8 Å². The Morgan fingerprint density at radius 2 is 1.76 bits per heavy atom. The van der Waals surface area contributed by atoms with Gasteiger partial charge in [0.2, 0.25) is 0 Å². The van der Waals surface area contributed by atoms with Gasteiger partial charge in [0, 0.05) is 11.0 Å². The summed E-state index contributed by atoms with van der Waals surface area (Å²) in [7, 11) is 0. The normalized spacial score (nSPS) is 10.7. The highest BCUT2D eigenvalue weighted by molar-refractivity contribution is 9.10. The van der Waals surface area contributed by atoms with Gasteiger partial charge in [-0.05, 0) is 61.7 Å². The summed E-state index contributed by atoms with van der Waals surface area (Å²) in [4.78, 5) is 0. The first-order valence-corrected chi connectivity index (χ1v) is 9.46. The van der Waals surface area contributed by atoms with Crippen LogP contribution in [-0.2, 0) is 13.0 Å². The molecule has 0 fully saturated rings. The minimum Gasteiger partial charge on any atom is -0.490 e. The van der Waals surface area contributed by atoms with Crippen molar-refractivity contribution in [2.24, 2.45) is 0 Å². The van der Waals surface area contributed by atoms with Gasteiger partial charge in [-0.1, -0.05) is 35.0 Å². The van der Waals surface area contributed by atoms with Crippen LogP contribution in [0.2, 0.25) is 0 Å². The van der Waals surface area contributed by atoms with E-state index in [2.05, 4.69) is 28.2 Å². The molecule has 0 radical (unpaired) electrons. The van der Waals surface area contributed by atoms with E-state index < -0.39 is 0 Å². The number of nitrogens with one attached hydrogen (secondary N) is 1. The lowest BCUT2D eigenvalue weighted by atomic mass is 10.1. The van der Waals surface area contributed by atoms with Gasteiger partial charge in [0.05, 0.1) is 13.2 Å². The first-order valence-electron chi connectivity index (χ1n) is 8.67. The molecule has 2 aromatic carbocycles. The van der Waals surface area contributed by atoms with Crippen molar-refractivity contribution in [3.8, 4) is 11.5 Å². The molecule has 136 valence electrons. The van der Waals surface area contributed by atoms with E-state index in [1.54, 1.807) is 0 Å². The van der Waals surface area contributed by atoms with Gasteiger partial charge in [-0.15, -0.1) is 0 Å². The van der Waals surface area contributed by atoms with E-state index in [0.717, 1.165) is 53.0 Å². The van der Waals surface area contributed by atoms with Crippen LogP contribution in [0.5, 0.6) is 11.5 Å². The highest BCUT2D eigenvalue weighted by atomic mass is 79.9. The Kier molecular flexibility index (Phi) is 8.22. The van der Waals surface area contributed by atoms with Crippen molar-refractivity contribution in [3.63, 3.8) is 0 Å². The van der Waals surface area contributed by atoms with Gasteiger partial charge in [0.1, 0.15) is 5.82 Å². The van der Waals surface area contributed by atoms with Crippen molar-refractivity contribution < 1.29 is 13.9 Å². The Labute approximate surface area is 157 Å². The van der Waals surface area contributed by atoms with Crippen LogP contribution >= 0.6 is 15.9 Å². The first kappa shape index (κ1) is 19.7. The second kappa shape index (κ2) is 10.4. The van der Waals surface area contributed by atoms with Crippen molar-refractivity contribution in [3.05, 3.63) is 57.8 Å². The molecule has 25 heavy (non-hydrogen) atoms. The van der Waals surface area contributed by atoms with Crippen molar-refractivity contribution in [1.29, 1.82) is 0 Å². The van der Waals surface area contributed by atoms with Crippen molar-refractivity contribution in [1.82, 2.24) is 5.32 Å². The second-order valence-corrected chi connectivity index (χ2v) is 6.58. The van der Waals surface area contributed by atoms with Gasteiger partial charge in [-0.3, -0.25) is 0 Å². The zero-order chi connectivity index (χ0) is 18.1. The molecule has 0 bridgehead atoms. The second-order valence-electron chi connectivity index (χ2n) is 5.73. The molecule has 0 aliphatic rings. The summed E-state index contributed by atoms with van der Waals surface area (Å²) >= 11 is 3.61. The zero-order valence-electron chi connectivity index (χ0n) is 14.8. The number of hydrogen-bond donors (Lipinski definition) is 1. The molecule has 0 aliphatic carbocycles. The van der Waals surface area contributed by atoms with Crippen LogP contribution in [0.15, 0.2) is 40.9 Å². The summed E-state index contributed by atoms with van der Waals surface area (Å²) in [6.07, 6.45) is 1.81. The van der Waals surface area contributed by atoms with E-state index in [1.165, 1.54) is 12.1 Å². The third-order valence-electron chi connectivity index (χ3n) is 3.69. The third-order valence-corrected chi connectivity index (χ3v) is 4.43. The molecule has 0 aromatic heterocycles. The lowest BCUT2D eigenvalue weighted by Crippen LogP contribution is -2.17. The molecule has 0 saturated carbocycles. The fourth-order valence-electron chi connectivity index (χ4n) is 2.41. The Balaban J connectivity index is 1.93. The maximum Gasteiger partial charge on any atom is 0.162 e. The maximum atomic E-state index is 12.9. The van der Waals surface area contributed by atoms with Gasteiger partial charge >= 0.3 is 0 Å². The minimum absolute atomic E-state index is 0.200. The molecule has 2 aromatic rings. The van der Waals surface area contributed by atoms with Crippen LogP contribution in [0.4, 0.5) is 4.39 Å². The zero-order valence-corrected chi connectivity index (χ0v) is 16.4. The molecule has 3 nitrogen and oxygen atoms in total. The predicted molar refractivity (Wildman–Crippen MR) is 103 cm³/mol. The molecule has 5 heteroatoms. The predicted octanol–water partition coefficient (Wildman–Crippen LogP) is 5.11. The molecule has 1 N–H and O–H groups in total. The summed E-state index contributed by atoms with van der Waals surface area (Å²) in [6.45, 7) is 6.84. The van der Waals surface area contributed by atoms with E-state index in [9.17, 15) is 4.39 Å². The van der Waals surface area contributed by atoms with Crippen molar-refractivity contribution >= 4 is 15.9 Å². The van der Waals surface area contributed by atoms with E-state index in [1.807, 2.05) is 31.2 Å². The molecule has 0 unspecified atom stereocenters. The fraction of sp³-hybridized carbons (Fsp3) is 0.400. The molecule has 0 amide bonds. The fourth-order valence-corrected chi connectivity index (χ4v) is 2.88. The van der Waals surface area contributed by atoms with E-state index >= 15 is 0 Å². The number of rotatable bonds is 10. The van der Waals surface area contributed by atoms with Crippen LogP contribution in [0.3, 0.4) is 0 Å². The number of halogens is 2. The monoisotopic (exact) mass is 409 g/mol. The highest BCUT2D eigenvalue weighted by Gasteiger charge is 2.10. The third kappa shape index (κ3) is 6.33. The Morgan fingerprint density at radius 1 is 1.04 bits per heavy atom. The van der Waals surface area contributed by atoms with Gasteiger partial charge in [0.15, 0.2) is 11.5 Å². The highest BCUT2D eigenvalue weighted by Crippen LogP contribution is 2.34. The molecular weight excluding hydrogens is 385 g/mol. The van der Waals surface area contributed by atoms with E-state index in [-0.39, 0.29) is 5.82 Å². The average Bonchev–Trinajstić information content (AvgIpc) is 2.61. The Morgan fingerprint density at radius 3 is 2.44 bits per heavy atom. The Bertz CT molecular complexity index is 661. The SMILES string of the molecule is CCCOc1cc(Br)c(CNCCc2ccc(F)cc2)cc1OCC. The molecule has 0 heterocycles. The smallest absolute Gasteiger partial charge is 0.162 e. The van der Waals surface area contributed by atoms with Crippen LogP contribution in [0.25, 0.3) is 0 Å². The molecule has 0 saturated heterocycles. The number of benzene rings is 2. The van der Waals surface area contributed by atoms with E-state index in [0.29, 0.717) is 13.2 Å². The standard InChI is InChI=1S/C20H25BrFNO2/c1-3-11-25-20-13-18(21)16(12-19(20)24-4-2)14-23-10-9-15-5-7-17(22)8-6-15/h5-8,12-13,23H,3-4,9-11,14H2,1-2H3. The summed E-state index contributed by atoms with van der Waals surface area (Å²) < 4.78 is 25.4. The molecule has 2 rings (SSSR count). The van der Waals surface area contributed by atoms with Crippen molar-refractivity contribution in [2.75, 3.05) is 19.8 Å². The lowest BCUT2D eigenvalue weighted by Gasteiger charge is -2.15. The van der Waals surface area contributed by atoms with Crippen LogP contribution in [0.1, 0.15) is 31.4 Å². The topological polar surface area (TPSA) is 30.5 Å². The largest absolute Gasteiger partial charge is 0.490 e. The van der Waals surface area contributed by atoms with Crippen LogP contribution in [-0.4, -0.2) is 19.8 Å². The van der Waals surface area contributed by atoms with E-state index in [4.69, 9.17) is 9.47 Å². The lowest BCUT2D eigenvalue weighted by molar-refractivity contribution is 0.276. The average molecular weight is 410 g/mol. The van der Waals surface area contributed by atoms with Gasteiger partial charge in [-0.25, -0.2) is 4.39 Å². The molecule has 0 aliphatic heterocycles. The number of hydrogen-bond acceptors (Lipinski definition) is 3. The quantitative estimate of drug-likeness (QED) is 0.553. The summed E-state index contributed by atoms with van der Waals surface area (Å²) in [6, 6.07) is 10.6. The van der Waals surface area contributed by atoms with Gasteiger partial charge in [-0.2, -0.15) is 0 Å².